The summed E-state index contributed by atoms with van der Waals surface area (Å²) in [4.78, 5) is 0. The lowest BCUT2D eigenvalue weighted by atomic mass is 9.95. The van der Waals surface area contributed by atoms with Gasteiger partial charge < -0.3 is 10.5 Å². The fourth-order valence-corrected chi connectivity index (χ4v) is 2.23. The molecule has 2 N–H and O–H groups in total. The SMILES string of the molecule is NC1(CCOc2ccc(F)cc2)CCCC1. The molecule has 0 spiro atoms. The molecule has 0 unspecified atom stereocenters. The molecule has 2 rings (SSSR count). The second-order valence-corrected chi connectivity index (χ2v) is 4.62. The minimum atomic E-state index is -0.238. The molecule has 0 bridgehead atoms. The quantitative estimate of drug-likeness (QED) is 0.851. The van der Waals surface area contributed by atoms with Crippen molar-refractivity contribution in [3.05, 3.63) is 30.1 Å². The van der Waals surface area contributed by atoms with Gasteiger partial charge in [-0.1, -0.05) is 12.8 Å². The highest BCUT2D eigenvalue weighted by molar-refractivity contribution is 5.22. The summed E-state index contributed by atoms with van der Waals surface area (Å²) in [7, 11) is 0. The highest BCUT2D eigenvalue weighted by Crippen LogP contribution is 2.30. The van der Waals surface area contributed by atoms with Gasteiger partial charge in [-0.15, -0.1) is 0 Å². The first kappa shape index (κ1) is 11.4. The zero-order chi connectivity index (χ0) is 11.4. The van der Waals surface area contributed by atoms with E-state index in [9.17, 15) is 4.39 Å². The van der Waals surface area contributed by atoms with Crippen molar-refractivity contribution in [1.82, 2.24) is 0 Å². The standard InChI is InChI=1S/C13H18FNO/c14-11-3-5-12(6-4-11)16-10-9-13(15)7-1-2-8-13/h3-6H,1-2,7-10,15H2. The number of benzene rings is 1. The first-order chi connectivity index (χ1) is 7.68. The van der Waals surface area contributed by atoms with E-state index in [0.29, 0.717) is 12.4 Å². The lowest BCUT2D eigenvalue weighted by molar-refractivity contribution is 0.258. The zero-order valence-corrected chi connectivity index (χ0v) is 9.42. The van der Waals surface area contributed by atoms with Crippen LogP contribution < -0.4 is 10.5 Å². The number of hydrogen-bond acceptors (Lipinski definition) is 2. The Bertz CT molecular complexity index is 330. The average Bonchev–Trinajstić information content (AvgIpc) is 2.69. The van der Waals surface area contributed by atoms with E-state index < -0.39 is 0 Å². The number of rotatable bonds is 4. The van der Waals surface area contributed by atoms with Gasteiger partial charge in [0.2, 0.25) is 0 Å². The highest BCUT2D eigenvalue weighted by Gasteiger charge is 2.28. The molecule has 1 saturated carbocycles. The Hall–Kier alpha value is -1.09. The summed E-state index contributed by atoms with van der Waals surface area (Å²) < 4.78 is 18.2. The Labute approximate surface area is 95.6 Å². The third kappa shape index (κ3) is 2.95. The maximum Gasteiger partial charge on any atom is 0.123 e. The molecule has 0 saturated heterocycles. The van der Waals surface area contributed by atoms with E-state index in [1.54, 1.807) is 12.1 Å². The van der Waals surface area contributed by atoms with Crippen LogP contribution >= 0.6 is 0 Å². The summed E-state index contributed by atoms with van der Waals surface area (Å²) in [5, 5.41) is 0. The van der Waals surface area contributed by atoms with Crippen LogP contribution in [0.2, 0.25) is 0 Å². The third-order valence-electron chi connectivity index (χ3n) is 3.28. The second-order valence-electron chi connectivity index (χ2n) is 4.62. The maximum absolute atomic E-state index is 12.6. The van der Waals surface area contributed by atoms with E-state index in [1.807, 2.05) is 0 Å². The summed E-state index contributed by atoms with van der Waals surface area (Å²) in [5.41, 5.74) is 6.18. The van der Waals surface area contributed by atoms with Gasteiger partial charge in [-0.3, -0.25) is 0 Å². The lowest BCUT2D eigenvalue weighted by Gasteiger charge is -2.23. The minimum Gasteiger partial charge on any atom is -0.494 e. The van der Waals surface area contributed by atoms with Crippen molar-refractivity contribution in [2.24, 2.45) is 5.73 Å². The molecule has 0 atom stereocenters. The molecule has 0 aromatic heterocycles. The molecule has 2 nitrogen and oxygen atoms in total. The first-order valence-corrected chi connectivity index (χ1v) is 5.85. The van der Waals surface area contributed by atoms with Crippen molar-refractivity contribution in [3.63, 3.8) is 0 Å². The van der Waals surface area contributed by atoms with Crippen LogP contribution in [0.15, 0.2) is 24.3 Å². The normalized spacial score (nSPS) is 18.6. The fraction of sp³-hybridized carbons (Fsp3) is 0.538. The minimum absolute atomic E-state index is 0.0277. The van der Waals surface area contributed by atoms with Gasteiger partial charge in [0.05, 0.1) is 6.61 Å². The zero-order valence-electron chi connectivity index (χ0n) is 9.42. The smallest absolute Gasteiger partial charge is 0.123 e. The van der Waals surface area contributed by atoms with Crippen molar-refractivity contribution in [2.75, 3.05) is 6.61 Å². The van der Waals surface area contributed by atoms with Crippen molar-refractivity contribution >= 4 is 0 Å². The van der Waals surface area contributed by atoms with E-state index in [1.165, 1.54) is 25.0 Å². The average molecular weight is 223 g/mol. The van der Waals surface area contributed by atoms with Crippen LogP contribution in [0, 0.1) is 5.82 Å². The van der Waals surface area contributed by atoms with Crippen molar-refractivity contribution in [1.29, 1.82) is 0 Å². The molecular formula is C13H18FNO. The monoisotopic (exact) mass is 223 g/mol. The molecule has 0 aliphatic heterocycles. The van der Waals surface area contributed by atoms with Crippen molar-refractivity contribution < 1.29 is 9.13 Å². The Morgan fingerprint density at radius 1 is 1.19 bits per heavy atom. The van der Waals surface area contributed by atoms with Gasteiger partial charge in [-0.25, -0.2) is 4.39 Å². The number of halogens is 1. The summed E-state index contributed by atoms with van der Waals surface area (Å²) in [6, 6.07) is 6.10. The molecule has 1 fully saturated rings. The third-order valence-corrected chi connectivity index (χ3v) is 3.28. The van der Waals surface area contributed by atoms with Gasteiger partial charge in [0.15, 0.2) is 0 Å². The summed E-state index contributed by atoms with van der Waals surface area (Å²) in [6.45, 7) is 0.613. The van der Waals surface area contributed by atoms with Crippen LogP contribution in [0.3, 0.4) is 0 Å². The van der Waals surface area contributed by atoms with Crippen molar-refractivity contribution in [3.8, 4) is 5.75 Å². The van der Waals surface area contributed by atoms with Crippen LogP contribution in [0.25, 0.3) is 0 Å². The number of nitrogens with two attached hydrogens (primary N) is 1. The van der Waals surface area contributed by atoms with Crippen LogP contribution in [0.1, 0.15) is 32.1 Å². The molecule has 16 heavy (non-hydrogen) atoms. The van der Waals surface area contributed by atoms with E-state index in [2.05, 4.69) is 0 Å². The highest BCUT2D eigenvalue weighted by atomic mass is 19.1. The summed E-state index contributed by atoms with van der Waals surface area (Å²) in [6.07, 6.45) is 5.53. The molecule has 0 amide bonds. The van der Waals surface area contributed by atoms with Gasteiger partial charge in [0, 0.05) is 5.54 Å². The first-order valence-electron chi connectivity index (χ1n) is 5.85. The molecule has 1 aromatic rings. The number of ether oxygens (including phenoxy) is 1. The van der Waals surface area contributed by atoms with Crippen LogP contribution in [0.5, 0.6) is 5.75 Å². The topological polar surface area (TPSA) is 35.2 Å². The van der Waals surface area contributed by atoms with Crippen LogP contribution in [-0.2, 0) is 0 Å². The Kier molecular flexibility index (Phi) is 3.44. The van der Waals surface area contributed by atoms with Gasteiger partial charge in [0.25, 0.3) is 0 Å². The van der Waals surface area contributed by atoms with E-state index in [4.69, 9.17) is 10.5 Å². The van der Waals surface area contributed by atoms with E-state index in [0.717, 1.165) is 19.3 Å². The Balaban J connectivity index is 1.77. The number of hydrogen-bond donors (Lipinski definition) is 1. The Morgan fingerprint density at radius 3 is 2.44 bits per heavy atom. The molecule has 1 aliphatic rings. The molecule has 3 heteroatoms. The van der Waals surface area contributed by atoms with Gasteiger partial charge in [0.1, 0.15) is 11.6 Å². The molecule has 88 valence electrons. The van der Waals surface area contributed by atoms with E-state index >= 15 is 0 Å². The lowest BCUT2D eigenvalue weighted by Crippen LogP contribution is -2.37. The largest absolute Gasteiger partial charge is 0.494 e. The van der Waals surface area contributed by atoms with Gasteiger partial charge >= 0.3 is 0 Å². The predicted molar refractivity (Wildman–Crippen MR) is 61.9 cm³/mol. The molecule has 1 aliphatic carbocycles. The fourth-order valence-electron chi connectivity index (χ4n) is 2.23. The molecule has 1 aromatic carbocycles. The maximum atomic E-state index is 12.6. The van der Waals surface area contributed by atoms with Crippen LogP contribution in [-0.4, -0.2) is 12.1 Å². The van der Waals surface area contributed by atoms with Gasteiger partial charge in [-0.2, -0.15) is 0 Å². The second kappa shape index (κ2) is 4.83. The van der Waals surface area contributed by atoms with Crippen LogP contribution in [0.4, 0.5) is 4.39 Å². The van der Waals surface area contributed by atoms with E-state index in [-0.39, 0.29) is 11.4 Å². The molecule has 0 heterocycles. The molecule has 0 radical (unpaired) electrons. The van der Waals surface area contributed by atoms with Crippen molar-refractivity contribution in [2.45, 2.75) is 37.6 Å². The predicted octanol–water partition coefficient (Wildman–Crippen LogP) is 2.87. The molecular weight excluding hydrogens is 205 g/mol. The summed E-state index contributed by atoms with van der Waals surface area (Å²) in [5.74, 6) is 0.474. The van der Waals surface area contributed by atoms with Gasteiger partial charge in [-0.05, 0) is 43.5 Å². The Morgan fingerprint density at radius 2 is 1.81 bits per heavy atom. The summed E-state index contributed by atoms with van der Waals surface area (Å²) >= 11 is 0.